The van der Waals surface area contributed by atoms with Gasteiger partial charge in [-0.15, -0.1) is 0 Å². The van der Waals surface area contributed by atoms with Gasteiger partial charge < -0.3 is 37.6 Å². The molecule has 0 radical (unpaired) electrons. The highest BCUT2D eigenvalue weighted by atomic mass is 33.1. The summed E-state index contributed by atoms with van der Waals surface area (Å²) in [6.07, 6.45) is -0.224. The van der Waals surface area contributed by atoms with Crippen molar-refractivity contribution >= 4 is 45.5 Å². The Morgan fingerprint density at radius 3 is 1.29 bits per heavy atom. The van der Waals surface area contributed by atoms with Gasteiger partial charge in [0, 0.05) is 17.9 Å². The van der Waals surface area contributed by atoms with Crippen LogP contribution in [-0.2, 0) is 19.2 Å². The van der Waals surface area contributed by atoms with Crippen LogP contribution in [0.15, 0.2) is 0 Å². The zero-order valence-corrected chi connectivity index (χ0v) is 14.2. The molecule has 0 saturated carbocycles. The van der Waals surface area contributed by atoms with E-state index >= 15 is 0 Å². The maximum Gasteiger partial charge on any atom is 0.321 e. The van der Waals surface area contributed by atoms with E-state index < -0.39 is 42.0 Å². The quantitative estimate of drug-likeness (QED) is 0.157. The molecule has 11 nitrogen and oxygen atoms in total. The molecule has 140 valence electrons. The van der Waals surface area contributed by atoms with Gasteiger partial charge in [-0.1, -0.05) is 21.6 Å². The van der Waals surface area contributed by atoms with E-state index in [9.17, 15) is 19.2 Å². The Bertz CT molecular complexity index is 415. The highest BCUT2D eigenvalue weighted by molar-refractivity contribution is 8.76. The Morgan fingerprint density at radius 2 is 1.04 bits per heavy atom. The van der Waals surface area contributed by atoms with Crippen molar-refractivity contribution in [1.29, 1.82) is 0 Å². The first-order chi connectivity index (χ1) is 11.0. The van der Waals surface area contributed by atoms with Crippen LogP contribution in [0.1, 0.15) is 12.8 Å². The van der Waals surface area contributed by atoms with Gasteiger partial charge in [0.25, 0.3) is 0 Å². The van der Waals surface area contributed by atoms with Crippen molar-refractivity contribution in [3.63, 3.8) is 0 Å². The van der Waals surface area contributed by atoms with Gasteiger partial charge in [0.1, 0.15) is 18.1 Å². The van der Waals surface area contributed by atoms with E-state index in [1.165, 1.54) is 21.6 Å². The van der Waals surface area contributed by atoms with Crippen LogP contribution >= 0.6 is 21.6 Å². The number of carboxylic acid groups (broad SMARTS) is 4. The van der Waals surface area contributed by atoms with Crippen LogP contribution in [0.2, 0.25) is 0 Å². The topological polar surface area (TPSA) is 227 Å². The van der Waals surface area contributed by atoms with Crippen LogP contribution in [0, 0.1) is 0 Å². The maximum absolute atomic E-state index is 10.3. The molecule has 3 atom stereocenters. The Morgan fingerprint density at radius 1 is 0.708 bits per heavy atom. The Labute approximate surface area is 145 Å². The van der Waals surface area contributed by atoms with Gasteiger partial charge in [-0.25, -0.2) is 0 Å². The average Bonchev–Trinajstić information content (AvgIpc) is 2.48. The van der Waals surface area contributed by atoms with Crippen molar-refractivity contribution in [2.75, 3.05) is 11.5 Å². The monoisotopic (exact) mass is 387 g/mol. The summed E-state index contributed by atoms with van der Waals surface area (Å²) in [4.78, 5) is 40.4. The lowest BCUT2D eigenvalue weighted by Crippen LogP contribution is -2.33. The minimum atomic E-state index is -1.17. The van der Waals surface area contributed by atoms with Gasteiger partial charge >= 0.3 is 23.9 Å². The van der Waals surface area contributed by atoms with E-state index in [1.54, 1.807) is 0 Å². The first kappa shape index (κ1) is 24.7. The number of carbonyl (C=O) groups is 4. The van der Waals surface area contributed by atoms with E-state index in [4.69, 9.17) is 37.6 Å². The number of nitrogens with two attached hydrogens (primary N) is 3. The van der Waals surface area contributed by atoms with E-state index in [0.29, 0.717) is 0 Å². The van der Waals surface area contributed by atoms with E-state index in [1.807, 2.05) is 0 Å². The molecule has 10 N–H and O–H groups in total. The molecule has 0 aromatic carbocycles. The summed E-state index contributed by atoms with van der Waals surface area (Å²) >= 11 is 0. The molecule has 0 bridgehead atoms. The second-order valence-electron chi connectivity index (χ2n) is 4.34. The highest BCUT2D eigenvalue weighted by Crippen LogP contribution is 2.22. The van der Waals surface area contributed by atoms with Gasteiger partial charge in [-0.05, 0) is 6.42 Å². The first-order valence-electron chi connectivity index (χ1n) is 6.40. The Kier molecular flexibility index (Phi) is 14.3. The number of aliphatic carboxylic acids is 4. The van der Waals surface area contributed by atoms with Crippen LogP contribution < -0.4 is 17.2 Å². The van der Waals surface area contributed by atoms with Crippen molar-refractivity contribution in [3.05, 3.63) is 0 Å². The highest BCUT2D eigenvalue weighted by Gasteiger charge is 2.14. The second kappa shape index (κ2) is 13.9. The fourth-order valence-electron chi connectivity index (χ4n) is 0.788. The van der Waals surface area contributed by atoms with Gasteiger partial charge in [0.05, 0.1) is 0 Å². The molecular weight excluding hydrogens is 366 g/mol. The zero-order chi connectivity index (χ0) is 19.3. The van der Waals surface area contributed by atoms with E-state index in [2.05, 4.69) is 0 Å². The minimum absolute atomic E-state index is 0.0231. The van der Waals surface area contributed by atoms with Crippen molar-refractivity contribution in [3.8, 4) is 0 Å². The minimum Gasteiger partial charge on any atom is -0.481 e. The summed E-state index contributed by atoms with van der Waals surface area (Å²) in [6.45, 7) is 0. The molecule has 0 saturated heterocycles. The number of rotatable bonds is 11. The lowest BCUT2D eigenvalue weighted by molar-refractivity contribution is -0.140. The van der Waals surface area contributed by atoms with Crippen LogP contribution in [0.25, 0.3) is 0 Å². The molecular formula is C11H21N3O8S2. The third kappa shape index (κ3) is 15.4. The molecule has 0 heterocycles. The van der Waals surface area contributed by atoms with Gasteiger partial charge in [0.15, 0.2) is 0 Å². The molecule has 0 rings (SSSR count). The molecule has 0 aliphatic heterocycles. The summed E-state index contributed by atoms with van der Waals surface area (Å²) in [5.41, 5.74) is 15.4. The zero-order valence-electron chi connectivity index (χ0n) is 12.5. The largest absolute Gasteiger partial charge is 0.481 e. The molecule has 0 aromatic rings. The molecule has 0 aliphatic carbocycles. The number of hydrogen-bond donors (Lipinski definition) is 7. The smallest absolute Gasteiger partial charge is 0.321 e. The molecule has 0 unspecified atom stereocenters. The Hall–Kier alpha value is -1.54. The molecule has 0 spiro atoms. The van der Waals surface area contributed by atoms with Crippen molar-refractivity contribution in [1.82, 2.24) is 0 Å². The summed E-state index contributed by atoms with van der Waals surface area (Å²) < 4.78 is 0. The first-order valence-corrected chi connectivity index (χ1v) is 8.89. The average molecular weight is 387 g/mol. The van der Waals surface area contributed by atoms with Crippen molar-refractivity contribution in [2.24, 2.45) is 17.2 Å². The van der Waals surface area contributed by atoms with Gasteiger partial charge in [-0.2, -0.15) is 0 Å². The lowest BCUT2D eigenvalue weighted by Gasteiger charge is -2.07. The molecule has 0 aromatic heterocycles. The summed E-state index contributed by atoms with van der Waals surface area (Å²) in [7, 11) is 2.41. The van der Waals surface area contributed by atoms with Crippen molar-refractivity contribution < 1.29 is 39.6 Å². The standard InChI is InChI=1S/C6H12N2O4S2.C5H9NO4/c7-3(5(9)10)1-13-14-2-4(8)6(11)12;6-3(5(9)10)1-2-4(7)8/h3-4H,1-2,7-8H2,(H,9,10)(H,11,12);3H,1-2,6H2,(H,7,8)(H,9,10)/t3-,4-;3-/m00/s1. The molecule has 0 fully saturated rings. The van der Waals surface area contributed by atoms with Crippen LogP contribution in [0.3, 0.4) is 0 Å². The fraction of sp³-hybridized carbons (Fsp3) is 0.636. The van der Waals surface area contributed by atoms with E-state index in [-0.39, 0.29) is 24.3 Å². The van der Waals surface area contributed by atoms with Crippen LogP contribution in [-0.4, -0.2) is 73.9 Å². The molecule has 24 heavy (non-hydrogen) atoms. The summed E-state index contributed by atoms with van der Waals surface area (Å²) in [6, 6.07) is -2.90. The van der Waals surface area contributed by atoms with Gasteiger partial charge in [0.2, 0.25) is 0 Å². The third-order valence-corrected chi connectivity index (χ3v) is 4.67. The second-order valence-corrected chi connectivity index (χ2v) is 6.89. The fourth-order valence-corrected chi connectivity index (χ4v) is 3.02. The van der Waals surface area contributed by atoms with Crippen LogP contribution in [0.4, 0.5) is 0 Å². The van der Waals surface area contributed by atoms with Gasteiger partial charge in [-0.3, -0.25) is 19.2 Å². The third-order valence-electron chi connectivity index (χ3n) is 2.20. The normalized spacial score (nSPS) is 13.8. The molecule has 0 amide bonds. The van der Waals surface area contributed by atoms with Crippen molar-refractivity contribution in [2.45, 2.75) is 31.0 Å². The maximum atomic E-state index is 10.3. The summed E-state index contributed by atoms with van der Waals surface area (Å²) in [5.74, 6) is -3.88. The number of hydrogen-bond acceptors (Lipinski definition) is 9. The number of carboxylic acids is 4. The predicted molar refractivity (Wildman–Crippen MR) is 88.6 cm³/mol. The molecule has 0 aliphatic rings. The Balaban J connectivity index is 0. The molecule has 13 heteroatoms. The SMILES string of the molecule is N[C@@H](CCC(=O)O)C(=O)O.N[C@@H](CSSC[C@H](N)C(=O)O)C(=O)O. The lowest BCUT2D eigenvalue weighted by atomic mass is 10.2. The summed E-state index contributed by atoms with van der Waals surface area (Å²) in [5, 5.41) is 33.1. The predicted octanol–water partition coefficient (Wildman–Crippen LogP) is -1.55. The van der Waals surface area contributed by atoms with Crippen LogP contribution in [0.5, 0.6) is 0 Å². The van der Waals surface area contributed by atoms with E-state index in [0.717, 1.165) is 0 Å².